The van der Waals surface area contributed by atoms with Gasteiger partial charge in [-0.25, -0.2) is 0 Å². The molecule has 1 rings (SSSR count). The minimum atomic E-state index is -0.0463. The van der Waals surface area contributed by atoms with Gasteiger partial charge in [0.05, 0.1) is 0 Å². The van der Waals surface area contributed by atoms with Gasteiger partial charge in [-0.2, -0.15) is 0 Å². The van der Waals surface area contributed by atoms with Gasteiger partial charge in [-0.1, -0.05) is 12.1 Å². The van der Waals surface area contributed by atoms with Crippen molar-refractivity contribution in [2.45, 2.75) is 19.9 Å². The van der Waals surface area contributed by atoms with Crippen LogP contribution in [0.2, 0.25) is 0 Å². The van der Waals surface area contributed by atoms with Crippen LogP contribution in [0.25, 0.3) is 0 Å². The van der Waals surface area contributed by atoms with E-state index in [1.54, 1.807) is 6.07 Å². The SMILES string of the molecule is CCNC(=O)c1cccc([C@@H](C)N)c1. The van der Waals surface area contributed by atoms with Gasteiger partial charge in [-0.15, -0.1) is 0 Å². The molecular weight excluding hydrogens is 176 g/mol. The first kappa shape index (κ1) is 10.7. The topological polar surface area (TPSA) is 55.1 Å². The lowest BCUT2D eigenvalue weighted by Gasteiger charge is -2.07. The van der Waals surface area contributed by atoms with E-state index >= 15 is 0 Å². The Morgan fingerprint density at radius 1 is 1.57 bits per heavy atom. The molecule has 1 atom stereocenters. The Balaban J connectivity index is 2.88. The number of benzene rings is 1. The highest BCUT2D eigenvalue weighted by Crippen LogP contribution is 2.11. The van der Waals surface area contributed by atoms with Gasteiger partial charge in [0, 0.05) is 18.2 Å². The van der Waals surface area contributed by atoms with Crippen LogP contribution in [-0.2, 0) is 0 Å². The Bertz CT molecular complexity index is 321. The van der Waals surface area contributed by atoms with Crippen molar-refractivity contribution in [3.63, 3.8) is 0 Å². The second-order valence-electron chi connectivity index (χ2n) is 3.27. The molecule has 0 aliphatic carbocycles. The van der Waals surface area contributed by atoms with Crippen molar-refractivity contribution in [2.24, 2.45) is 5.73 Å². The van der Waals surface area contributed by atoms with Gasteiger partial charge in [0.15, 0.2) is 0 Å². The summed E-state index contributed by atoms with van der Waals surface area (Å²) in [5.41, 5.74) is 7.37. The summed E-state index contributed by atoms with van der Waals surface area (Å²) in [5, 5.41) is 2.75. The van der Waals surface area contributed by atoms with Gasteiger partial charge in [-0.3, -0.25) is 4.79 Å². The molecule has 1 aromatic rings. The molecule has 0 aliphatic rings. The Morgan fingerprint density at radius 3 is 2.86 bits per heavy atom. The van der Waals surface area contributed by atoms with Crippen LogP contribution in [0.15, 0.2) is 24.3 Å². The first-order chi connectivity index (χ1) is 6.65. The Morgan fingerprint density at radius 2 is 2.29 bits per heavy atom. The molecule has 0 radical (unpaired) electrons. The molecule has 0 spiro atoms. The van der Waals surface area contributed by atoms with Crippen molar-refractivity contribution in [3.8, 4) is 0 Å². The molecule has 3 nitrogen and oxygen atoms in total. The number of hydrogen-bond donors (Lipinski definition) is 2. The fourth-order valence-corrected chi connectivity index (χ4v) is 1.23. The van der Waals surface area contributed by atoms with Gasteiger partial charge in [0.2, 0.25) is 0 Å². The first-order valence-electron chi connectivity index (χ1n) is 4.79. The lowest BCUT2D eigenvalue weighted by Crippen LogP contribution is -2.22. The molecule has 0 fully saturated rings. The molecule has 76 valence electrons. The summed E-state index contributed by atoms with van der Waals surface area (Å²) in [6, 6.07) is 7.35. The molecule has 0 bridgehead atoms. The third-order valence-electron chi connectivity index (χ3n) is 2.01. The molecule has 1 amide bonds. The molecule has 0 unspecified atom stereocenters. The zero-order valence-electron chi connectivity index (χ0n) is 8.58. The fraction of sp³-hybridized carbons (Fsp3) is 0.364. The number of hydrogen-bond acceptors (Lipinski definition) is 2. The summed E-state index contributed by atoms with van der Waals surface area (Å²) in [7, 11) is 0. The summed E-state index contributed by atoms with van der Waals surface area (Å²) >= 11 is 0. The van der Waals surface area contributed by atoms with E-state index in [-0.39, 0.29) is 11.9 Å². The van der Waals surface area contributed by atoms with Gasteiger partial charge < -0.3 is 11.1 Å². The predicted octanol–water partition coefficient (Wildman–Crippen LogP) is 1.46. The molecule has 0 saturated carbocycles. The fourth-order valence-electron chi connectivity index (χ4n) is 1.23. The van der Waals surface area contributed by atoms with Gasteiger partial charge in [-0.05, 0) is 31.5 Å². The van der Waals surface area contributed by atoms with Gasteiger partial charge in [0.25, 0.3) is 5.91 Å². The third-order valence-corrected chi connectivity index (χ3v) is 2.01. The van der Waals surface area contributed by atoms with E-state index in [1.807, 2.05) is 32.0 Å². The normalized spacial score (nSPS) is 12.2. The van der Waals surface area contributed by atoms with Crippen molar-refractivity contribution in [2.75, 3.05) is 6.54 Å². The average molecular weight is 192 g/mol. The number of carbonyl (C=O) groups excluding carboxylic acids is 1. The highest BCUT2D eigenvalue weighted by atomic mass is 16.1. The Kier molecular flexibility index (Phi) is 3.65. The van der Waals surface area contributed by atoms with Crippen LogP contribution >= 0.6 is 0 Å². The molecule has 0 aromatic heterocycles. The number of carbonyl (C=O) groups is 1. The monoisotopic (exact) mass is 192 g/mol. The van der Waals surface area contributed by atoms with Crippen LogP contribution < -0.4 is 11.1 Å². The van der Waals surface area contributed by atoms with E-state index in [0.717, 1.165) is 5.56 Å². The van der Waals surface area contributed by atoms with Crippen molar-refractivity contribution < 1.29 is 4.79 Å². The molecule has 0 aliphatic heterocycles. The van der Waals surface area contributed by atoms with Crippen molar-refractivity contribution in [1.29, 1.82) is 0 Å². The first-order valence-corrected chi connectivity index (χ1v) is 4.79. The highest BCUT2D eigenvalue weighted by molar-refractivity contribution is 5.94. The average Bonchev–Trinajstić information content (AvgIpc) is 2.18. The summed E-state index contributed by atoms with van der Waals surface area (Å²) < 4.78 is 0. The zero-order valence-corrected chi connectivity index (χ0v) is 8.58. The quantitative estimate of drug-likeness (QED) is 0.761. The van der Waals surface area contributed by atoms with Crippen LogP contribution in [-0.4, -0.2) is 12.5 Å². The van der Waals surface area contributed by atoms with Crippen molar-refractivity contribution in [1.82, 2.24) is 5.32 Å². The lowest BCUT2D eigenvalue weighted by atomic mass is 10.1. The summed E-state index contributed by atoms with van der Waals surface area (Å²) in [6.45, 7) is 4.44. The van der Waals surface area contributed by atoms with E-state index in [1.165, 1.54) is 0 Å². The minimum Gasteiger partial charge on any atom is -0.352 e. The number of rotatable bonds is 3. The highest BCUT2D eigenvalue weighted by Gasteiger charge is 2.05. The van der Waals surface area contributed by atoms with E-state index in [9.17, 15) is 4.79 Å². The van der Waals surface area contributed by atoms with Gasteiger partial charge in [0.1, 0.15) is 0 Å². The minimum absolute atomic E-state index is 0.0376. The van der Waals surface area contributed by atoms with Crippen LogP contribution in [0.4, 0.5) is 0 Å². The number of amides is 1. The molecule has 3 heteroatoms. The lowest BCUT2D eigenvalue weighted by molar-refractivity contribution is 0.0955. The predicted molar refractivity (Wildman–Crippen MR) is 57.1 cm³/mol. The molecule has 0 heterocycles. The smallest absolute Gasteiger partial charge is 0.251 e. The molecule has 14 heavy (non-hydrogen) atoms. The standard InChI is InChI=1S/C11H16N2O/c1-3-13-11(14)10-6-4-5-9(7-10)8(2)12/h4-8H,3,12H2,1-2H3,(H,13,14)/t8-/m1/s1. The molecule has 0 saturated heterocycles. The molecule has 1 aromatic carbocycles. The van der Waals surface area contributed by atoms with Crippen LogP contribution in [0.1, 0.15) is 35.8 Å². The van der Waals surface area contributed by atoms with Crippen molar-refractivity contribution in [3.05, 3.63) is 35.4 Å². The van der Waals surface area contributed by atoms with Gasteiger partial charge >= 0.3 is 0 Å². The third kappa shape index (κ3) is 2.57. The Hall–Kier alpha value is -1.35. The van der Waals surface area contributed by atoms with Crippen LogP contribution in [0.5, 0.6) is 0 Å². The van der Waals surface area contributed by atoms with Crippen LogP contribution in [0, 0.1) is 0 Å². The van der Waals surface area contributed by atoms with E-state index < -0.39 is 0 Å². The molecular formula is C11H16N2O. The zero-order chi connectivity index (χ0) is 10.6. The summed E-state index contributed by atoms with van der Waals surface area (Å²) in [4.78, 5) is 11.5. The summed E-state index contributed by atoms with van der Waals surface area (Å²) in [5.74, 6) is -0.0463. The number of nitrogens with one attached hydrogen (secondary N) is 1. The van der Waals surface area contributed by atoms with Crippen molar-refractivity contribution >= 4 is 5.91 Å². The van der Waals surface area contributed by atoms with Crippen LogP contribution in [0.3, 0.4) is 0 Å². The Labute approximate surface area is 84.3 Å². The van der Waals surface area contributed by atoms with E-state index in [4.69, 9.17) is 5.73 Å². The van der Waals surface area contributed by atoms with E-state index in [2.05, 4.69) is 5.32 Å². The molecule has 3 N–H and O–H groups in total. The maximum Gasteiger partial charge on any atom is 0.251 e. The maximum atomic E-state index is 11.5. The van der Waals surface area contributed by atoms with E-state index in [0.29, 0.717) is 12.1 Å². The second kappa shape index (κ2) is 4.77. The number of nitrogens with two attached hydrogens (primary N) is 1. The maximum absolute atomic E-state index is 11.5. The largest absolute Gasteiger partial charge is 0.352 e. The summed E-state index contributed by atoms with van der Waals surface area (Å²) in [6.07, 6.45) is 0. The second-order valence-corrected chi connectivity index (χ2v) is 3.27.